The van der Waals surface area contributed by atoms with Crippen LogP contribution in [0.25, 0.3) is 22.3 Å². The van der Waals surface area contributed by atoms with Crippen LogP contribution in [0, 0.1) is 12.7 Å². The Morgan fingerprint density at radius 2 is 2.03 bits per heavy atom. The van der Waals surface area contributed by atoms with Crippen molar-refractivity contribution in [3.8, 4) is 11.4 Å². The van der Waals surface area contributed by atoms with Gasteiger partial charge in [-0.2, -0.15) is 0 Å². The van der Waals surface area contributed by atoms with Crippen LogP contribution in [0.5, 0.6) is 0 Å². The minimum atomic E-state index is -1.60. The highest BCUT2D eigenvalue weighted by Gasteiger charge is 2.34. The number of fused-ring (bicyclic) bond motifs is 5. The largest absolute Gasteiger partial charge is 0.458 e. The average Bonchev–Trinajstić information content (AvgIpc) is 3.26. The van der Waals surface area contributed by atoms with Gasteiger partial charge in [-0.3, -0.25) is 14.4 Å². The number of ether oxygens (including phenoxy) is 2. The fourth-order valence-corrected chi connectivity index (χ4v) is 4.63. The maximum Gasteiger partial charge on any atom is 0.340 e. The van der Waals surface area contributed by atoms with Gasteiger partial charge in [0, 0.05) is 29.1 Å². The van der Waals surface area contributed by atoms with E-state index in [1.165, 1.54) is 16.7 Å². The predicted octanol–water partition coefficient (Wildman–Crippen LogP) is -0.372. The first-order valence-electron chi connectivity index (χ1n) is 11.7. The van der Waals surface area contributed by atoms with Crippen molar-refractivity contribution < 1.29 is 33.4 Å². The number of nitrogens with one attached hydrogen (secondary N) is 2. The lowest BCUT2D eigenvalue weighted by atomic mass is 9.97. The fourth-order valence-electron chi connectivity index (χ4n) is 4.63. The van der Waals surface area contributed by atoms with Gasteiger partial charge in [-0.15, -0.1) is 0 Å². The third kappa shape index (κ3) is 4.40. The molecule has 198 valence electrons. The molecular weight excluding hydrogens is 501 g/mol. The van der Waals surface area contributed by atoms with E-state index in [1.54, 1.807) is 13.0 Å². The number of halogens is 1. The Morgan fingerprint density at radius 3 is 2.79 bits per heavy atom. The van der Waals surface area contributed by atoms with Crippen LogP contribution in [0.1, 0.15) is 33.9 Å². The summed E-state index contributed by atoms with van der Waals surface area (Å²) in [4.78, 5) is 53.4. The molecule has 0 bridgehead atoms. The van der Waals surface area contributed by atoms with Gasteiger partial charge in [-0.1, -0.05) is 0 Å². The molecule has 5 N–H and O–H groups in total. The Morgan fingerprint density at radius 1 is 1.24 bits per heavy atom. The summed E-state index contributed by atoms with van der Waals surface area (Å²) in [6, 6.07) is 4.44. The van der Waals surface area contributed by atoms with Gasteiger partial charge in [0.15, 0.2) is 6.10 Å². The van der Waals surface area contributed by atoms with Gasteiger partial charge in [0.05, 0.1) is 35.6 Å². The van der Waals surface area contributed by atoms with Crippen LogP contribution in [0.2, 0.25) is 0 Å². The zero-order valence-electron chi connectivity index (χ0n) is 20.3. The van der Waals surface area contributed by atoms with Crippen molar-refractivity contribution in [3.05, 3.63) is 62.2 Å². The number of benzene rings is 1. The molecule has 2 amide bonds. The van der Waals surface area contributed by atoms with Crippen LogP contribution in [-0.4, -0.2) is 52.3 Å². The van der Waals surface area contributed by atoms with Crippen LogP contribution in [0.4, 0.5) is 4.39 Å². The van der Waals surface area contributed by atoms with E-state index in [-0.39, 0.29) is 50.7 Å². The molecule has 3 aromatic rings. The van der Waals surface area contributed by atoms with E-state index in [0.29, 0.717) is 39.0 Å². The standard InChI is InChI=1S/C25H24FN5O7/c1-11-2-12-14(6-28-21(33)9-37-10-29-20(32)5-27)15-7-31-19(22(15)30-18(12)4-17(11)26)3-13-16(24(31)35)8-38-25(36)23(13)34/h2-4,23,34H,5-10,27H2,1H3,(H,28,33)(H,29,32)/t23-/m0/s1. The molecule has 0 fully saturated rings. The van der Waals surface area contributed by atoms with Crippen molar-refractivity contribution in [1.29, 1.82) is 0 Å². The maximum absolute atomic E-state index is 14.5. The van der Waals surface area contributed by atoms with Crippen molar-refractivity contribution >= 4 is 28.7 Å². The van der Waals surface area contributed by atoms with Crippen LogP contribution in [0.3, 0.4) is 0 Å². The van der Waals surface area contributed by atoms with E-state index in [9.17, 15) is 28.7 Å². The highest BCUT2D eigenvalue weighted by atomic mass is 19.1. The SMILES string of the molecule is Cc1cc2c(CNC(=O)COCNC(=O)CN)c3c(nc2cc1F)-c1cc2c(c(=O)n1C3)COC(=O)[C@H]2O. The Kier molecular flexibility index (Phi) is 6.65. The number of esters is 1. The molecule has 1 aromatic carbocycles. The van der Waals surface area contributed by atoms with Crippen molar-refractivity contribution in [2.24, 2.45) is 5.73 Å². The molecule has 0 radical (unpaired) electrons. The minimum Gasteiger partial charge on any atom is -0.458 e. The molecule has 2 aromatic heterocycles. The molecule has 12 nitrogen and oxygen atoms in total. The first-order chi connectivity index (χ1) is 18.2. The molecule has 38 heavy (non-hydrogen) atoms. The fraction of sp³-hybridized carbons (Fsp3) is 0.320. The molecule has 0 unspecified atom stereocenters. The number of cyclic esters (lactones) is 1. The Bertz CT molecular complexity index is 1570. The van der Waals surface area contributed by atoms with Crippen molar-refractivity contribution in [2.45, 2.75) is 32.7 Å². The number of aliphatic hydroxyl groups excluding tert-OH is 1. The smallest absolute Gasteiger partial charge is 0.340 e. The normalized spacial score (nSPS) is 15.5. The molecule has 2 aliphatic rings. The lowest BCUT2D eigenvalue weighted by Gasteiger charge is -2.21. The van der Waals surface area contributed by atoms with Gasteiger partial charge in [0.2, 0.25) is 11.8 Å². The van der Waals surface area contributed by atoms with Gasteiger partial charge >= 0.3 is 5.97 Å². The third-order valence-corrected chi connectivity index (χ3v) is 6.61. The van der Waals surface area contributed by atoms with Crippen LogP contribution in [-0.2, 0) is 43.6 Å². The number of nitrogens with two attached hydrogens (primary N) is 1. The number of amides is 2. The lowest BCUT2D eigenvalue weighted by Crippen LogP contribution is -2.34. The van der Waals surface area contributed by atoms with Crippen LogP contribution in [0.15, 0.2) is 23.0 Å². The first-order valence-corrected chi connectivity index (χ1v) is 11.7. The molecule has 2 aliphatic heterocycles. The lowest BCUT2D eigenvalue weighted by molar-refractivity contribution is -0.157. The Hall–Kier alpha value is -4.20. The molecule has 0 aliphatic carbocycles. The third-order valence-electron chi connectivity index (χ3n) is 6.61. The summed E-state index contributed by atoms with van der Waals surface area (Å²) in [5, 5.41) is 16.1. The molecule has 13 heteroatoms. The summed E-state index contributed by atoms with van der Waals surface area (Å²) in [7, 11) is 0. The maximum atomic E-state index is 14.5. The van der Waals surface area contributed by atoms with Crippen molar-refractivity contribution in [2.75, 3.05) is 19.9 Å². The number of hydrogen-bond acceptors (Lipinski definition) is 9. The van der Waals surface area contributed by atoms with Gasteiger partial charge < -0.3 is 35.5 Å². The van der Waals surface area contributed by atoms with E-state index >= 15 is 0 Å². The number of rotatable bonds is 7. The van der Waals surface area contributed by atoms with Gasteiger partial charge in [-0.25, -0.2) is 14.2 Å². The number of aromatic nitrogens is 2. The van der Waals surface area contributed by atoms with Gasteiger partial charge in [0.1, 0.15) is 25.8 Å². The minimum absolute atomic E-state index is 0.0243. The number of hydrogen-bond donors (Lipinski definition) is 4. The second-order valence-corrected chi connectivity index (χ2v) is 8.97. The molecule has 0 saturated heterocycles. The summed E-state index contributed by atoms with van der Waals surface area (Å²) < 4.78 is 26.0. The van der Waals surface area contributed by atoms with E-state index < -0.39 is 35.3 Å². The van der Waals surface area contributed by atoms with Crippen LogP contribution < -0.4 is 21.9 Å². The van der Waals surface area contributed by atoms with Gasteiger partial charge in [0.25, 0.3) is 5.56 Å². The molecule has 5 rings (SSSR count). The number of aliphatic hydroxyl groups is 1. The summed E-state index contributed by atoms with van der Waals surface area (Å²) in [6.45, 7) is 0.781. The quantitative estimate of drug-likeness (QED) is 0.142. The molecule has 0 saturated carbocycles. The number of carbonyl (C=O) groups is 3. The van der Waals surface area contributed by atoms with Crippen molar-refractivity contribution in [1.82, 2.24) is 20.2 Å². The summed E-state index contributed by atoms with van der Waals surface area (Å²) >= 11 is 0. The zero-order valence-corrected chi connectivity index (χ0v) is 20.3. The summed E-state index contributed by atoms with van der Waals surface area (Å²) in [5.41, 5.74) is 7.81. The van der Waals surface area contributed by atoms with E-state index in [4.69, 9.17) is 15.2 Å². The second kappa shape index (κ2) is 9.93. The number of nitrogens with zero attached hydrogens (tertiary/aromatic N) is 2. The van der Waals surface area contributed by atoms with Crippen molar-refractivity contribution in [3.63, 3.8) is 0 Å². The average molecular weight is 525 g/mol. The van der Waals surface area contributed by atoms with Crippen LogP contribution >= 0.6 is 0 Å². The second-order valence-electron chi connectivity index (χ2n) is 8.97. The zero-order chi connectivity index (χ0) is 27.1. The Labute approximate surface area is 214 Å². The topological polar surface area (TPSA) is 175 Å². The number of carbonyl (C=O) groups excluding carboxylic acids is 3. The Balaban J connectivity index is 1.51. The molecule has 1 atom stereocenters. The number of aryl methyl sites for hydroxylation is 1. The van der Waals surface area contributed by atoms with E-state index in [2.05, 4.69) is 15.6 Å². The highest BCUT2D eigenvalue weighted by molar-refractivity contribution is 5.89. The van der Waals surface area contributed by atoms with Gasteiger partial charge in [-0.05, 0) is 30.2 Å². The summed E-state index contributed by atoms with van der Waals surface area (Å²) in [6.07, 6.45) is -1.60. The van der Waals surface area contributed by atoms with E-state index in [0.717, 1.165) is 0 Å². The first kappa shape index (κ1) is 25.4. The summed E-state index contributed by atoms with van der Waals surface area (Å²) in [5.74, 6) is -2.21. The molecule has 0 spiro atoms. The molecular formula is C25H24FN5O7. The predicted molar refractivity (Wildman–Crippen MR) is 130 cm³/mol. The monoisotopic (exact) mass is 525 g/mol. The number of pyridine rings is 2. The highest BCUT2D eigenvalue weighted by Crippen LogP contribution is 2.38. The van der Waals surface area contributed by atoms with E-state index in [1.807, 2.05) is 0 Å². The molecule has 4 heterocycles.